The molecule has 0 rings (SSSR count). The summed E-state index contributed by atoms with van der Waals surface area (Å²) in [5.74, 6) is 0.309. The maximum absolute atomic E-state index is 11.0. The van der Waals surface area contributed by atoms with Crippen LogP contribution in [-0.2, 0) is 9.53 Å². The SMILES string of the molecule is CCOC(=O)[C@H](N)CCC(C)C. The fraction of sp³-hybridized carbons (Fsp3) is 0.889. The highest BCUT2D eigenvalue weighted by molar-refractivity contribution is 5.75. The Balaban J connectivity index is 3.56. The van der Waals surface area contributed by atoms with Crippen LogP contribution < -0.4 is 5.73 Å². The summed E-state index contributed by atoms with van der Waals surface area (Å²) in [5, 5.41) is 0. The average Bonchev–Trinajstić information content (AvgIpc) is 2.00. The normalized spacial score (nSPS) is 13.1. The summed E-state index contributed by atoms with van der Waals surface area (Å²) in [6, 6.07) is -0.438. The van der Waals surface area contributed by atoms with Crippen LogP contribution in [0.4, 0.5) is 0 Å². The van der Waals surface area contributed by atoms with Gasteiger partial charge in [-0.3, -0.25) is 4.79 Å². The van der Waals surface area contributed by atoms with Crippen molar-refractivity contribution < 1.29 is 9.53 Å². The van der Waals surface area contributed by atoms with E-state index in [1.54, 1.807) is 6.92 Å². The van der Waals surface area contributed by atoms with Crippen LogP contribution in [0.25, 0.3) is 0 Å². The van der Waals surface area contributed by atoms with Crippen molar-refractivity contribution in [3.05, 3.63) is 0 Å². The van der Waals surface area contributed by atoms with Crippen LogP contribution in [0.15, 0.2) is 0 Å². The zero-order valence-corrected chi connectivity index (χ0v) is 8.17. The minimum absolute atomic E-state index is 0.279. The van der Waals surface area contributed by atoms with E-state index in [1.165, 1.54) is 0 Å². The third kappa shape index (κ3) is 5.13. The third-order valence-electron chi connectivity index (χ3n) is 1.64. The molecule has 0 unspecified atom stereocenters. The number of rotatable bonds is 5. The maximum Gasteiger partial charge on any atom is 0.322 e. The van der Waals surface area contributed by atoms with Gasteiger partial charge in [0.05, 0.1) is 6.61 Å². The number of nitrogens with two attached hydrogens (primary N) is 1. The van der Waals surface area contributed by atoms with E-state index < -0.39 is 6.04 Å². The Labute approximate surface area is 74.3 Å². The van der Waals surface area contributed by atoms with Gasteiger partial charge in [-0.2, -0.15) is 0 Å². The van der Waals surface area contributed by atoms with Crippen molar-refractivity contribution in [1.29, 1.82) is 0 Å². The van der Waals surface area contributed by atoms with Crippen molar-refractivity contribution in [3.63, 3.8) is 0 Å². The first-order chi connectivity index (χ1) is 5.57. The highest BCUT2D eigenvalue weighted by Gasteiger charge is 2.13. The minimum atomic E-state index is -0.438. The molecule has 72 valence electrons. The highest BCUT2D eigenvalue weighted by atomic mass is 16.5. The van der Waals surface area contributed by atoms with E-state index in [1.807, 2.05) is 0 Å². The van der Waals surface area contributed by atoms with E-state index in [9.17, 15) is 4.79 Å². The quantitative estimate of drug-likeness (QED) is 0.638. The molecule has 0 heterocycles. The standard InChI is InChI=1S/C9H19NO2/c1-4-12-9(11)8(10)6-5-7(2)3/h7-8H,4-6,10H2,1-3H3/t8-/m1/s1. The number of carbonyl (C=O) groups excluding carboxylic acids is 1. The van der Waals surface area contributed by atoms with Crippen LogP contribution in [0.1, 0.15) is 33.6 Å². The Morgan fingerprint density at radius 3 is 2.42 bits per heavy atom. The fourth-order valence-electron chi connectivity index (χ4n) is 0.880. The van der Waals surface area contributed by atoms with Gasteiger partial charge in [0.15, 0.2) is 0 Å². The van der Waals surface area contributed by atoms with Gasteiger partial charge in [0.25, 0.3) is 0 Å². The lowest BCUT2D eigenvalue weighted by Crippen LogP contribution is -2.32. The first kappa shape index (κ1) is 11.4. The Hall–Kier alpha value is -0.570. The van der Waals surface area contributed by atoms with E-state index in [4.69, 9.17) is 10.5 Å². The molecular weight excluding hydrogens is 154 g/mol. The van der Waals surface area contributed by atoms with Crippen LogP contribution in [0.2, 0.25) is 0 Å². The molecule has 0 aromatic heterocycles. The largest absolute Gasteiger partial charge is 0.465 e. The predicted octanol–water partition coefficient (Wildman–Crippen LogP) is 1.31. The van der Waals surface area contributed by atoms with Gasteiger partial charge in [-0.05, 0) is 25.7 Å². The van der Waals surface area contributed by atoms with Crippen LogP contribution in [0.3, 0.4) is 0 Å². The van der Waals surface area contributed by atoms with Crippen molar-refractivity contribution in [2.24, 2.45) is 11.7 Å². The van der Waals surface area contributed by atoms with Gasteiger partial charge in [0.2, 0.25) is 0 Å². The predicted molar refractivity (Wildman–Crippen MR) is 48.7 cm³/mol. The molecule has 0 aromatic carbocycles. The monoisotopic (exact) mass is 173 g/mol. The highest BCUT2D eigenvalue weighted by Crippen LogP contribution is 2.06. The number of esters is 1. The van der Waals surface area contributed by atoms with Crippen molar-refractivity contribution in [1.82, 2.24) is 0 Å². The van der Waals surface area contributed by atoms with Gasteiger partial charge >= 0.3 is 5.97 Å². The molecule has 1 atom stereocenters. The fourth-order valence-corrected chi connectivity index (χ4v) is 0.880. The Morgan fingerprint density at radius 1 is 1.42 bits per heavy atom. The van der Waals surface area contributed by atoms with E-state index >= 15 is 0 Å². The van der Waals surface area contributed by atoms with Crippen LogP contribution >= 0.6 is 0 Å². The molecular formula is C9H19NO2. The topological polar surface area (TPSA) is 52.3 Å². The number of hydrogen-bond donors (Lipinski definition) is 1. The van der Waals surface area contributed by atoms with Crippen molar-refractivity contribution in [3.8, 4) is 0 Å². The van der Waals surface area contributed by atoms with Crippen molar-refractivity contribution in [2.45, 2.75) is 39.7 Å². The summed E-state index contributed by atoms with van der Waals surface area (Å²) >= 11 is 0. The van der Waals surface area contributed by atoms with Crippen molar-refractivity contribution in [2.75, 3.05) is 6.61 Å². The molecule has 0 fully saturated rings. The second kappa shape index (κ2) is 6.00. The molecule has 0 bridgehead atoms. The molecule has 0 aliphatic heterocycles. The average molecular weight is 173 g/mol. The lowest BCUT2D eigenvalue weighted by Gasteiger charge is -2.11. The summed E-state index contributed by atoms with van der Waals surface area (Å²) in [6.45, 7) is 6.41. The molecule has 3 heteroatoms. The summed E-state index contributed by atoms with van der Waals surface area (Å²) in [4.78, 5) is 11.0. The maximum atomic E-state index is 11.0. The van der Waals surface area contributed by atoms with Gasteiger partial charge in [-0.1, -0.05) is 13.8 Å². The molecule has 2 N–H and O–H groups in total. The van der Waals surface area contributed by atoms with Gasteiger partial charge < -0.3 is 10.5 Å². The zero-order valence-electron chi connectivity index (χ0n) is 8.17. The molecule has 0 aromatic rings. The van der Waals surface area contributed by atoms with Crippen LogP contribution in [-0.4, -0.2) is 18.6 Å². The lowest BCUT2D eigenvalue weighted by molar-refractivity contribution is -0.144. The molecule has 3 nitrogen and oxygen atoms in total. The van der Waals surface area contributed by atoms with E-state index in [0.29, 0.717) is 12.5 Å². The molecule has 0 spiro atoms. The van der Waals surface area contributed by atoms with E-state index in [2.05, 4.69) is 13.8 Å². The van der Waals surface area contributed by atoms with E-state index in [-0.39, 0.29) is 5.97 Å². The third-order valence-corrected chi connectivity index (χ3v) is 1.64. The summed E-state index contributed by atoms with van der Waals surface area (Å²) in [7, 11) is 0. The smallest absolute Gasteiger partial charge is 0.322 e. The first-order valence-corrected chi connectivity index (χ1v) is 4.50. The molecule has 0 amide bonds. The number of ether oxygens (including phenoxy) is 1. The van der Waals surface area contributed by atoms with Gasteiger partial charge in [-0.15, -0.1) is 0 Å². The minimum Gasteiger partial charge on any atom is -0.465 e. The molecule has 0 aliphatic carbocycles. The van der Waals surface area contributed by atoms with Crippen molar-refractivity contribution >= 4 is 5.97 Å². The number of carbonyl (C=O) groups is 1. The Bertz CT molecular complexity index is 134. The summed E-state index contributed by atoms with van der Waals surface area (Å²) < 4.78 is 4.77. The van der Waals surface area contributed by atoms with Gasteiger partial charge in [0.1, 0.15) is 6.04 Å². The van der Waals surface area contributed by atoms with Crippen LogP contribution in [0, 0.1) is 5.92 Å². The Kier molecular flexibility index (Phi) is 5.72. The molecule has 0 saturated carbocycles. The summed E-state index contributed by atoms with van der Waals surface area (Å²) in [6.07, 6.45) is 1.69. The molecule has 0 saturated heterocycles. The summed E-state index contributed by atoms with van der Waals surface area (Å²) in [5.41, 5.74) is 5.58. The second-order valence-electron chi connectivity index (χ2n) is 3.33. The van der Waals surface area contributed by atoms with Crippen LogP contribution in [0.5, 0.6) is 0 Å². The van der Waals surface area contributed by atoms with Gasteiger partial charge in [-0.25, -0.2) is 0 Å². The van der Waals surface area contributed by atoms with Gasteiger partial charge in [0, 0.05) is 0 Å². The molecule has 0 aliphatic rings. The second-order valence-corrected chi connectivity index (χ2v) is 3.33. The Morgan fingerprint density at radius 2 is 2.00 bits per heavy atom. The zero-order chi connectivity index (χ0) is 9.56. The molecule has 0 radical (unpaired) electrons. The lowest BCUT2D eigenvalue weighted by atomic mass is 10.0. The first-order valence-electron chi connectivity index (χ1n) is 4.50. The number of hydrogen-bond acceptors (Lipinski definition) is 3. The van der Waals surface area contributed by atoms with E-state index in [0.717, 1.165) is 12.8 Å². The molecule has 12 heavy (non-hydrogen) atoms.